The van der Waals surface area contributed by atoms with Crippen LogP contribution in [0.4, 0.5) is 0 Å². The second-order valence-corrected chi connectivity index (χ2v) is 5.73. The van der Waals surface area contributed by atoms with Gasteiger partial charge in [0.25, 0.3) is 0 Å². The molecule has 6 nitrogen and oxygen atoms in total. The molecule has 4 rings (SSSR count). The van der Waals surface area contributed by atoms with Gasteiger partial charge in [-0.1, -0.05) is 18.6 Å². The molecule has 0 unspecified atom stereocenters. The number of hydrogen-bond donors (Lipinski definition) is 2. The summed E-state index contributed by atoms with van der Waals surface area (Å²) in [6.45, 7) is 2.22. The van der Waals surface area contributed by atoms with Gasteiger partial charge in [-0.05, 0) is 24.8 Å². The maximum atomic E-state index is 6.15. The highest BCUT2D eigenvalue weighted by atomic mass is 15.4. The van der Waals surface area contributed by atoms with Crippen molar-refractivity contribution in [2.75, 3.05) is 0 Å². The van der Waals surface area contributed by atoms with Crippen molar-refractivity contribution in [2.24, 2.45) is 11.7 Å². The van der Waals surface area contributed by atoms with Crippen LogP contribution in [0.2, 0.25) is 0 Å². The van der Waals surface area contributed by atoms with E-state index >= 15 is 0 Å². The van der Waals surface area contributed by atoms with Crippen LogP contribution < -0.4 is 5.73 Å². The second kappa shape index (κ2) is 4.28. The van der Waals surface area contributed by atoms with Crippen molar-refractivity contribution in [3.05, 3.63) is 18.5 Å². The molecule has 3 atom stereocenters. The summed E-state index contributed by atoms with van der Waals surface area (Å²) in [7, 11) is 0. The third kappa shape index (κ3) is 1.57. The number of nitrogens with zero attached hydrogens (tertiary/aromatic N) is 4. The molecule has 104 valence electrons. The molecule has 0 amide bonds. The Labute approximate surface area is 116 Å². The number of hydrogen-bond acceptors (Lipinski definition) is 4. The van der Waals surface area contributed by atoms with Crippen molar-refractivity contribution < 1.29 is 0 Å². The zero-order chi connectivity index (χ0) is 13.7. The number of pyridine rings is 1. The van der Waals surface area contributed by atoms with Gasteiger partial charge in [0.15, 0.2) is 0 Å². The molecule has 3 aromatic rings. The second-order valence-electron chi connectivity index (χ2n) is 5.73. The number of H-pyrrole nitrogens is 1. The fourth-order valence-corrected chi connectivity index (χ4v) is 3.55. The summed E-state index contributed by atoms with van der Waals surface area (Å²) < 4.78 is 2.08. The van der Waals surface area contributed by atoms with Crippen LogP contribution in [0.1, 0.15) is 32.2 Å². The van der Waals surface area contributed by atoms with E-state index in [1.54, 1.807) is 6.20 Å². The highest BCUT2D eigenvalue weighted by molar-refractivity contribution is 6.00. The Hall–Kier alpha value is -1.95. The van der Waals surface area contributed by atoms with E-state index in [-0.39, 0.29) is 6.04 Å². The van der Waals surface area contributed by atoms with Gasteiger partial charge in [-0.3, -0.25) is 0 Å². The lowest BCUT2D eigenvalue weighted by atomic mass is 10.0. The number of nitrogens with one attached hydrogen (secondary N) is 1. The summed E-state index contributed by atoms with van der Waals surface area (Å²) >= 11 is 0. The molecule has 3 aromatic heterocycles. The topological polar surface area (TPSA) is 85.4 Å². The van der Waals surface area contributed by atoms with Crippen molar-refractivity contribution in [1.82, 2.24) is 25.0 Å². The van der Waals surface area contributed by atoms with E-state index in [9.17, 15) is 0 Å². The summed E-state index contributed by atoms with van der Waals surface area (Å²) in [5.74, 6) is 0.581. The minimum absolute atomic E-state index is 0.271. The van der Waals surface area contributed by atoms with Gasteiger partial charge in [-0.25, -0.2) is 9.67 Å². The van der Waals surface area contributed by atoms with Crippen LogP contribution in [0, 0.1) is 5.92 Å². The molecule has 1 saturated carbocycles. The van der Waals surface area contributed by atoms with E-state index in [4.69, 9.17) is 5.73 Å². The summed E-state index contributed by atoms with van der Waals surface area (Å²) in [5, 5.41) is 9.77. The molecule has 3 heterocycles. The monoisotopic (exact) mass is 270 g/mol. The molecule has 0 spiro atoms. The molecule has 1 aliphatic carbocycles. The van der Waals surface area contributed by atoms with Gasteiger partial charge in [0.2, 0.25) is 0 Å². The summed E-state index contributed by atoms with van der Waals surface area (Å²) in [5.41, 5.74) is 8.97. The molecule has 20 heavy (non-hydrogen) atoms. The zero-order valence-electron chi connectivity index (χ0n) is 11.5. The summed E-state index contributed by atoms with van der Waals surface area (Å²) in [6.07, 6.45) is 6.87. The van der Waals surface area contributed by atoms with Crippen molar-refractivity contribution in [3.63, 3.8) is 0 Å². The third-order valence-corrected chi connectivity index (χ3v) is 4.55. The van der Waals surface area contributed by atoms with Crippen LogP contribution in [0.5, 0.6) is 0 Å². The maximum absolute atomic E-state index is 6.15. The number of fused-ring (bicyclic) bond motifs is 3. The van der Waals surface area contributed by atoms with E-state index in [0.717, 1.165) is 41.3 Å². The third-order valence-electron chi connectivity index (χ3n) is 4.55. The average molecular weight is 270 g/mol. The van der Waals surface area contributed by atoms with Crippen LogP contribution in [0.15, 0.2) is 18.5 Å². The Morgan fingerprint density at radius 3 is 3.20 bits per heavy atom. The lowest BCUT2D eigenvalue weighted by Crippen LogP contribution is -2.17. The average Bonchev–Trinajstić information content (AvgIpc) is 3.13. The van der Waals surface area contributed by atoms with Crippen molar-refractivity contribution in [2.45, 2.75) is 38.3 Å². The molecule has 0 radical (unpaired) electrons. The van der Waals surface area contributed by atoms with Crippen molar-refractivity contribution >= 4 is 22.1 Å². The largest absolute Gasteiger partial charge is 0.346 e. The van der Waals surface area contributed by atoms with E-state index in [0.29, 0.717) is 12.0 Å². The molecule has 0 bridgehead atoms. The summed E-state index contributed by atoms with van der Waals surface area (Å²) in [4.78, 5) is 7.52. The quantitative estimate of drug-likeness (QED) is 0.745. The minimum Gasteiger partial charge on any atom is -0.346 e. The molecular weight excluding hydrogens is 252 g/mol. The van der Waals surface area contributed by atoms with Gasteiger partial charge in [0, 0.05) is 17.6 Å². The Bertz CT molecular complexity index is 757. The van der Waals surface area contributed by atoms with E-state index in [2.05, 4.69) is 31.9 Å². The molecule has 0 saturated heterocycles. The number of rotatable bonds is 2. The molecule has 1 aliphatic rings. The first kappa shape index (κ1) is 11.8. The van der Waals surface area contributed by atoms with Gasteiger partial charge >= 0.3 is 0 Å². The summed E-state index contributed by atoms with van der Waals surface area (Å²) in [6, 6.07) is 2.66. The van der Waals surface area contributed by atoms with E-state index < -0.39 is 0 Å². The maximum Gasteiger partial charge on any atom is 0.139 e. The lowest BCUT2D eigenvalue weighted by Gasteiger charge is -2.18. The number of nitrogens with two attached hydrogens (primary N) is 1. The Morgan fingerprint density at radius 2 is 2.35 bits per heavy atom. The highest BCUT2D eigenvalue weighted by Gasteiger charge is 2.34. The van der Waals surface area contributed by atoms with E-state index in [1.807, 2.05) is 12.3 Å². The van der Waals surface area contributed by atoms with Crippen LogP contribution in [-0.2, 0) is 0 Å². The van der Waals surface area contributed by atoms with Gasteiger partial charge in [0.1, 0.15) is 16.7 Å². The van der Waals surface area contributed by atoms with Gasteiger partial charge in [-0.2, -0.15) is 0 Å². The molecule has 1 fully saturated rings. The molecule has 3 N–H and O–H groups in total. The number of aromatic nitrogens is 5. The van der Waals surface area contributed by atoms with Crippen LogP contribution in [0.25, 0.3) is 22.1 Å². The molecule has 6 heteroatoms. The normalized spacial score (nSPS) is 26.8. The van der Waals surface area contributed by atoms with Crippen LogP contribution in [-0.4, -0.2) is 31.0 Å². The number of aromatic amines is 1. The van der Waals surface area contributed by atoms with Crippen LogP contribution in [0.3, 0.4) is 0 Å². The Kier molecular flexibility index (Phi) is 2.53. The van der Waals surface area contributed by atoms with Gasteiger partial charge in [0.05, 0.1) is 12.2 Å². The fourth-order valence-electron chi connectivity index (χ4n) is 3.55. The zero-order valence-corrected chi connectivity index (χ0v) is 11.5. The predicted octanol–water partition coefficient (Wildman–Crippen LogP) is 2.00. The first-order valence-corrected chi connectivity index (χ1v) is 7.20. The van der Waals surface area contributed by atoms with Crippen LogP contribution >= 0.6 is 0 Å². The fraction of sp³-hybridized carbons (Fsp3) is 0.500. The van der Waals surface area contributed by atoms with Gasteiger partial charge < -0.3 is 10.7 Å². The van der Waals surface area contributed by atoms with Crippen molar-refractivity contribution in [3.8, 4) is 0 Å². The lowest BCUT2D eigenvalue weighted by molar-refractivity contribution is 0.346. The smallest absolute Gasteiger partial charge is 0.139 e. The molecular formula is C14H18N6. The standard InChI is InChI=1S/C14H18N6/c1-2-8-5-9(15)6-12(8)20-13-10-3-4-16-14(10)17-7-11(13)18-19-20/h3-4,7-9,12H,2,5-6,15H2,1H3,(H,16,17)/t8-,9+,12+/m1/s1. The SMILES string of the molecule is CC[C@@H]1C[C@H](N)C[C@@H]1n1nnc2cnc3[nH]ccc3c21. The molecule has 0 aromatic carbocycles. The first-order valence-electron chi connectivity index (χ1n) is 7.20. The Balaban J connectivity index is 1.93. The predicted molar refractivity (Wildman–Crippen MR) is 77.2 cm³/mol. The molecule has 0 aliphatic heterocycles. The minimum atomic E-state index is 0.271. The van der Waals surface area contributed by atoms with E-state index in [1.165, 1.54) is 0 Å². The Morgan fingerprint density at radius 1 is 1.45 bits per heavy atom. The highest BCUT2D eigenvalue weighted by Crippen LogP contribution is 2.38. The van der Waals surface area contributed by atoms with Crippen molar-refractivity contribution in [1.29, 1.82) is 0 Å². The van der Waals surface area contributed by atoms with Gasteiger partial charge in [-0.15, -0.1) is 5.10 Å². The first-order chi connectivity index (χ1) is 9.78.